The molecule has 1 N–H and O–H groups in total. The van der Waals surface area contributed by atoms with Crippen LogP contribution < -0.4 is 5.32 Å². The maximum absolute atomic E-state index is 11.3. The highest BCUT2D eigenvalue weighted by molar-refractivity contribution is 7.84. The van der Waals surface area contributed by atoms with E-state index < -0.39 is 10.8 Å². The van der Waals surface area contributed by atoms with Crippen LogP contribution in [0.25, 0.3) is 0 Å². The van der Waals surface area contributed by atoms with Gasteiger partial charge < -0.3 is 5.32 Å². The van der Waals surface area contributed by atoms with Gasteiger partial charge in [-0.3, -0.25) is 4.21 Å². The Balaban J connectivity index is 2.61. The van der Waals surface area contributed by atoms with Crippen molar-refractivity contribution in [3.05, 3.63) is 33.8 Å². The van der Waals surface area contributed by atoms with Crippen molar-refractivity contribution in [2.24, 2.45) is 0 Å². The quantitative estimate of drug-likeness (QED) is 0.815. The molecule has 1 aromatic carbocycles. The largest absolute Gasteiger partial charge is 0.310 e. The van der Waals surface area contributed by atoms with Gasteiger partial charge in [-0.1, -0.05) is 43.1 Å². The van der Waals surface area contributed by atoms with E-state index in [9.17, 15) is 4.21 Å². The fourth-order valence-corrected chi connectivity index (χ4v) is 2.88. The smallest absolute Gasteiger partial charge is 0.0468 e. The minimum absolute atomic E-state index is 0.210. The van der Waals surface area contributed by atoms with Crippen molar-refractivity contribution in [1.82, 2.24) is 5.32 Å². The zero-order chi connectivity index (χ0) is 14.4. The Morgan fingerprint density at radius 3 is 2.58 bits per heavy atom. The van der Waals surface area contributed by atoms with Crippen LogP contribution in [0.2, 0.25) is 10.0 Å². The van der Waals surface area contributed by atoms with Crippen molar-refractivity contribution in [2.45, 2.75) is 38.0 Å². The molecule has 0 heterocycles. The third-order valence-corrected chi connectivity index (χ3v) is 5.19. The maximum Gasteiger partial charge on any atom is 0.0468 e. The van der Waals surface area contributed by atoms with Gasteiger partial charge in [-0.2, -0.15) is 0 Å². The van der Waals surface area contributed by atoms with Crippen molar-refractivity contribution in [2.75, 3.05) is 12.8 Å². The Kier molecular flexibility index (Phi) is 7.37. The van der Waals surface area contributed by atoms with Gasteiger partial charge in [-0.05, 0) is 37.1 Å². The van der Waals surface area contributed by atoms with E-state index in [0.717, 1.165) is 24.9 Å². The molecule has 3 unspecified atom stereocenters. The van der Waals surface area contributed by atoms with E-state index in [2.05, 4.69) is 12.2 Å². The Labute approximate surface area is 128 Å². The highest BCUT2D eigenvalue weighted by Crippen LogP contribution is 2.27. The standard InChI is InChI=1S/C14H21Cl2NOS/c1-4-14(17-8-7-10(2)19(3)18)12-6-5-11(15)9-13(12)16/h5-6,9-10,14,17H,4,7-8H2,1-3H3. The average Bonchev–Trinajstić information content (AvgIpc) is 2.35. The average molecular weight is 322 g/mol. The van der Waals surface area contributed by atoms with Gasteiger partial charge in [0.2, 0.25) is 0 Å². The van der Waals surface area contributed by atoms with Crippen LogP contribution in [-0.2, 0) is 10.8 Å². The van der Waals surface area contributed by atoms with E-state index in [1.165, 1.54) is 0 Å². The van der Waals surface area contributed by atoms with Crippen molar-refractivity contribution in [3.63, 3.8) is 0 Å². The summed E-state index contributed by atoms with van der Waals surface area (Å²) < 4.78 is 11.3. The summed E-state index contributed by atoms with van der Waals surface area (Å²) in [5.41, 5.74) is 1.07. The molecule has 0 saturated heterocycles. The number of hydrogen-bond acceptors (Lipinski definition) is 2. The summed E-state index contributed by atoms with van der Waals surface area (Å²) >= 11 is 12.1. The Morgan fingerprint density at radius 2 is 2.05 bits per heavy atom. The Hall–Kier alpha value is -0.0900. The van der Waals surface area contributed by atoms with Gasteiger partial charge in [0, 0.05) is 38.4 Å². The van der Waals surface area contributed by atoms with E-state index in [1.807, 2.05) is 19.1 Å². The first kappa shape index (κ1) is 17.0. The monoisotopic (exact) mass is 321 g/mol. The lowest BCUT2D eigenvalue weighted by Gasteiger charge is -2.20. The summed E-state index contributed by atoms with van der Waals surface area (Å²) in [6, 6.07) is 5.80. The minimum atomic E-state index is -0.762. The third-order valence-electron chi connectivity index (χ3n) is 3.25. The van der Waals surface area contributed by atoms with E-state index in [-0.39, 0.29) is 11.3 Å². The molecule has 5 heteroatoms. The van der Waals surface area contributed by atoms with Crippen LogP contribution in [0.5, 0.6) is 0 Å². The van der Waals surface area contributed by atoms with E-state index in [1.54, 1.807) is 12.3 Å². The number of nitrogens with one attached hydrogen (secondary N) is 1. The topological polar surface area (TPSA) is 29.1 Å². The highest BCUT2D eigenvalue weighted by Gasteiger charge is 2.13. The summed E-state index contributed by atoms with van der Waals surface area (Å²) in [5.74, 6) is 0. The van der Waals surface area contributed by atoms with Crippen molar-refractivity contribution in [3.8, 4) is 0 Å². The zero-order valence-electron chi connectivity index (χ0n) is 11.6. The molecule has 1 rings (SSSR count). The summed E-state index contributed by atoms with van der Waals surface area (Å²) in [4.78, 5) is 0. The predicted molar refractivity (Wildman–Crippen MR) is 85.6 cm³/mol. The second-order valence-corrected chi connectivity index (χ2v) is 7.32. The molecule has 0 radical (unpaired) electrons. The molecular formula is C14H21Cl2NOS. The molecule has 19 heavy (non-hydrogen) atoms. The lowest BCUT2D eigenvalue weighted by molar-refractivity contribution is 0.508. The van der Waals surface area contributed by atoms with Crippen LogP contribution in [0.15, 0.2) is 18.2 Å². The van der Waals surface area contributed by atoms with Gasteiger partial charge in [0.25, 0.3) is 0 Å². The SMILES string of the molecule is CCC(NCCC(C)S(C)=O)c1ccc(Cl)cc1Cl. The molecule has 1 aromatic rings. The molecule has 0 fully saturated rings. The molecule has 3 atom stereocenters. The van der Waals surface area contributed by atoms with E-state index in [0.29, 0.717) is 10.0 Å². The molecule has 2 nitrogen and oxygen atoms in total. The third kappa shape index (κ3) is 5.42. The normalized spacial score (nSPS) is 16.1. The van der Waals surface area contributed by atoms with Crippen molar-refractivity contribution >= 4 is 34.0 Å². The molecule has 0 spiro atoms. The second-order valence-electron chi connectivity index (χ2n) is 4.68. The summed E-state index contributed by atoms with van der Waals surface area (Å²) in [6.07, 6.45) is 3.59. The van der Waals surface area contributed by atoms with Crippen LogP contribution in [0.4, 0.5) is 0 Å². The van der Waals surface area contributed by atoms with Crippen LogP contribution >= 0.6 is 23.2 Å². The molecule has 0 aromatic heterocycles. The van der Waals surface area contributed by atoms with Crippen LogP contribution in [-0.4, -0.2) is 22.3 Å². The molecule has 0 aliphatic carbocycles. The van der Waals surface area contributed by atoms with E-state index >= 15 is 0 Å². The highest BCUT2D eigenvalue weighted by atomic mass is 35.5. The number of rotatable bonds is 7. The molecule has 0 saturated carbocycles. The first-order valence-corrected chi connectivity index (χ1v) is 8.84. The predicted octanol–water partition coefficient (Wildman–Crippen LogP) is 4.19. The molecule has 0 aliphatic heterocycles. The summed E-state index contributed by atoms with van der Waals surface area (Å²) in [6.45, 7) is 4.95. The molecule has 108 valence electrons. The van der Waals surface area contributed by atoms with Gasteiger partial charge in [0.15, 0.2) is 0 Å². The number of hydrogen-bond donors (Lipinski definition) is 1. The first-order chi connectivity index (χ1) is 8.95. The summed E-state index contributed by atoms with van der Waals surface area (Å²) in [7, 11) is -0.762. The molecule has 0 bridgehead atoms. The Bertz CT molecular complexity index is 439. The first-order valence-electron chi connectivity index (χ1n) is 6.46. The van der Waals surface area contributed by atoms with Gasteiger partial charge in [-0.15, -0.1) is 0 Å². The van der Waals surface area contributed by atoms with Crippen LogP contribution in [0.3, 0.4) is 0 Å². The van der Waals surface area contributed by atoms with Crippen molar-refractivity contribution < 1.29 is 4.21 Å². The molecular weight excluding hydrogens is 301 g/mol. The van der Waals surface area contributed by atoms with Crippen molar-refractivity contribution in [1.29, 1.82) is 0 Å². The Morgan fingerprint density at radius 1 is 1.37 bits per heavy atom. The van der Waals surface area contributed by atoms with Gasteiger partial charge in [0.1, 0.15) is 0 Å². The van der Waals surface area contributed by atoms with Gasteiger partial charge in [-0.25, -0.2) is 0 Å². The summed E-state index contributed by atoms with van der Waals surface area (Å²) in [5, 5.41) is 5.03. The second kappa shape index (κ2) is 8.25. The maximum atomic E-state index is 11.3. The molecule has 0 aliphatic rings. The lowest BCUT2D eigenvalue weighted by atomic mass is 10.0. The fraction of sp³-hybridized carbons (Fsp3) is 0.571. The van der Waals surface area contributed by atoms with E-state index in [4.69, 9.17) is 23.2 Å². The lowest BCUT2D eigenvalue weighted by Crippen LogP contribution is -2.25. The fourth-order valence-electron chi connectivity index (χ4n) is 1.89. The number of benzene rings is 1. The van der Waals surface area contributed by atoms with Gasteiger partial charge >= 0.3 is 0 Å². The zero-order valence-corrected chi connectivity index (χ0v) is 13.9. The van der Waals surface area contributed by atoms with Crippen LogP contribution in [0, 0.1) is 0 Å². The molecule has 0 amide bonds. The van der Waals surface area contributed by atoms with Gasteiger partial charge in [0.05, 0.1) is 0 Å². The number of halogens is 2. The minimum Gasteiger partial charge on any atom is -0.310 e. The van der Waals surface area contributed by atoms with Crippen LogP contribution in [0.1, 0.15) is 38.3 Å².